The Hall–Kier alpha value is -1.35. The molecule has 1 fully saturated rings. The topological polar surface area (TPSA) is 17.0 Å². The minimum Gasteiger partial charge on any atom is -0.347 e. The molecule has 0 radical (unpaired) electrons. The predicted octanol–water partition coefficient (Wildman–Crippen LogP) is 4.09. The summed E-state index contributed by atoms with van der Waals surface area (Å²) < 4.78 is 15.4. The van der Waals surface area contributed by atoms with Gasteiger partial charge in [-0.2, -0.15) is 0 Å². The fourth-order valence-electron chi connectivity index (χ4n) is 3.23. The third kappa shape index (κ3) is 3.21. The maximum absolute atomic E-state index is 13.1. The summed E-state index contributed by atoms with van der Waals surface area (Å²) in [5.74, 6) is -0.158. The Morgan fingerprint density at radius 2 is 2.00 bits per heavy atom. The van der Waals surface area contributed by atoms with Gasteiger partial charge in [0.25, 0.3) is 0 Å². The van der Waals surface area contributed by atoms with Crippen LogP contribution in [0.1, 0.15) is 38.5 Å². The Labute approximate surface area is 120 Å². The normalized spacial score (nSPS) is 16.9. The smallest absolute Gasteiger partial charge is 0.123 e. The van der Waals surface area contributed by atoms with Crippen LogP contribution in [0.15, 0.2) is 30.5 Å². The molecule has 1 aliphatic rings. The van der Waals surface area contributed by atoms with Crippen LogP contribution in [0.25, 0.3) is 10.9 Å². The van der Waals surface area contributed by atoms with Gasteiger partial charge in [0.15, 0.2) is 0 Å². The van der Waals surface area contributed by atoms with Crippen LogP contribution in [-0.2, 0) is 6.54 Å². The standard InChI is InChI=1S/C17H23FN2/c18-15-7-8-17-14(13-15)9-12-20(17)11-4-10-19-16-5-2-1-3-6-16/h7-9,12-13,16,19H,1-6,10-11H2. The van der Waals surface area contributed by atoms with E-state index in [1.807, 2.05) is 12.1 Å². The van der Waals surface area contributed by atoms with Crippen LogP contribution in [0, 0.1) is 5.82 Å². The number of fused-ring (bicyclic) bond motifs is 1. The average molecular weight is 274 g/mol. The van der Waals surface area contributed by atoms with Crippen LogP contribution in [-0.4, -0.2) is 17.2 Å². The summed E-state index contributed by atoms with van der Waals surface area (Å²) in [5, 5.41) is 4.66. The van der Waals surface area contributed by atoms with Crippen LogP contribution < -0.4 is 5.32 Å². The van der Waals surface area contributed by atoms with Crippen molar-refractivity contribution in [3.05, 3.63) is 36.3 Å². The Morgan fingerprint density at radius 3 is 2.85 bits per heavy atom. The van der Waals surface area contributed by atoms with Gasteiger partial charge in [0.05, 0.1) is 0 Å². The van der Waals surface area contributed by atoms with E-state index < -0.39 is 0 Å². The molecule has 0 spiro atoms. The van der Waals surface area contributed by atoms with Gasteiger partial charge in [0, 0.05) is 29.7 Å². The minimum absolute atomic E-state index is 0.158. The van der Waals surface area contributed by atoms with E-state index in [2.05, 4.69) is 16.1 Å². The first-order valence-electron chi connectivity index (χ1n) is 7.81. The van der Waals surface area contributed by atoms with E-state index in [9.17, 15) is 4.39 Å². The monoisotopic (exact) mass is 274 g/mol. The molecular formula is C17H23FN2. The minimum atomic E-state index is -0.158. The Bertz CT molecular complexity index is 555. The van der Waals surface area contributed by atoms with Gasteiger partial charge >= 0.3 is 0 Å². The molecule has 1 N–H and O–H groups in total. The molecule has 3 rings (SSSR count). The summed E-state index contributed by atoms with van der Waals surface area (Å²) in [4.78, 5) is 0. The lowest BCUT2D eigenvalue weighted by Gasteiger charge is -2.22. The molecule has 108 valence electrons. The summed E-state index contributed by atoms with van der Waals surface area (Å²) >= 11 is 0. The van der Waals surface area contributed by atoms with E-state index in [1.165, 1.54) is 32.1 Å². The second-order valence-corrected chi connectivity index (χ2v) is 5.85. The highest BCUT2D eigenvalue weighted by atomic mass is 19.1. The lowest BCUT2D eigenvalue weighted by Crippen LogP contribution is -2.32. The number of benzene rings is 1. The summed E-state index contributed by atoms with van der Waals surface area (Å²) in [6.07, 6.45) is 10.0. The summed E-state index contributed by atoms with van der Waals surface area (Å²) in [6.45, 7) is 2.07. The van der Waals surface area contributed by atoms with Gasteiger partial charge in [-0.05, 0) is 50.1 Å². The second-order valence-electron chi connectivity index (χ2n) is 5.85. The van der Waals surface area contributed by atoms with Crippen molar-refractivity contribution >= 4 is 10.9 Å². The van der Waals surface area contributed by atoms with Crippen LogP contribution in [0.5, 0.6) is 0 Å². The number of aromatic nitrogens is 1. The molecule has 1 heterocycles. The van der Waals surface area contributed by atoms with Gasteiger partial charge in [0.1, 0.15) is 5.82 Å². The van der Waals surface area contributed by atoms with E-state index in [1.54, 1.807) is 12.1 Å². The highest BCUT2D eigenvalue weighted by molar-refractivity contribution is 5.80. The number of nitrogens with zero attached hydrogens (tertiary/aromatic N) is 1. The highest BCUT2D eigenvalue weighted by Crippen LogP contribution is 2.18. The predicted molar refractivity (Wildman–Crippen MR) is 81.4 cm³/mol. The Balaban J connectivity index is 1.49. The zero-order valence-corrected chi connectivity index (χ0v) is 11.9. The molecular weight excluding hydrogens is 251 g/mol. The van der Waals surface area contributed by atoms with Crippen LogP contribution in [0.3, 0.4) is 0 Å². The number of aryl methyl sites for hydroxylation is 1. The van der Waals surface area contributed by atoms with Crippen molar-refractivity contribution in [2.45, 2.75) is 51.1 Å². The van der Waals surface area contributed by atoms with Crippen molar-refractivity contribution in [2.24, 2.45) is 0 Å². The van der Waals surface area contributed by atoms with Crippen molar-refractivity contribution in [3.8, 4) is 0 Å². The Morgan fingerprint density at radius 1 is 1.15 bits per heavy atom. The zero-order valence-electron chi connectivity index (χ0n) is 11.9. The van der Waals surface area contributed by atoms with Crippen molar-refractivity contribution in [1.29, 1.82) is 0 Å². The molecule has 2 aromatic rings. The SMILES string of the molecule is Fc1ccc2c(ccn2CCCNC2CCCCC2)c1. The van der Waals surface area contributed by atoms with Gasteiger partial charge in [-0.3, -0.25) is 0 Å². The molecule has 0 unspecified atom stereocenters. The first kappa shape index (κ1) is 13.6. The molecule has 1 aliphatic carbocycles. The molecule has 3 heteroatoms. The average Bonchev–Trinajstić information content (AvgIpc) is 2.87. The van der Waals surface area contributed by atoms with Crippen LogP contribution in [0.4, 0.5) is 4.39 Å². The number of rotatable bonds is 5. The van der Waals surface area contributed by atoms with Crippen molar-refractivity contribution in [1.82, 2.24) is 9.88 Å². The Kier molecular flexibility index (Phi) is 4.36. The molecule has 0 atom stereocenters. The van der Waals surface area contributed by atoms with E-state index in [4.69, 9.17) is 0 Å². The molecule has 0 aliphatic heterocycles. The fraction of sp³-hybridized carbons (Fsp3) is 0.529. The van der Waals surface area contributed by atoms with Crippen molar-refractivity contribution < 1.29 is 4.39 Å². The van der Waals surface area contributed by atoms with Crippen LogP contribution >= 0.6 is 0 Å². The maximum atomic E-state index is 13.1. The quantitative estimate of drug-likeness (QED) is 0.812. The molecule has 20 heavy (non-hydrogen) atoms. The van der Waals surface area contributed by atoms with E-state index in [-0.39, 0.29) is 5.82 Å². The lowest BCUT2D eigenvalue weighted by atomic mass is 9.95. The molecule has 2 nitrogen and oxygen atoms in total. The maximum Gasteiger partial charge on any atom is 0.123 e. The van der Waals surface area contributed by atoms with Gasteiger partial charge in [-0.15, -0.1) is 0 Å². The number of nitrogens with one attached hydrogen (secondary N) is 1. The lowest BCUT2D eigenvalue weighted by molar-refractivity contribution is 0.369. The van der Waals surface area contributed by atoms with Gasteiger partial charge in [0.2, 0.25) is 0 Å². The molecule has 0 saturated heterocycles. The van der Waals surface area contributed by atoms with Crippen LogP contribution in [0.2, 0.25) is 0 Å². The first-order chi connectivity index (χ1) is 9.83. The van der Waals surface area contributed by atoms with Gasteiger partial charge < -0.3 is 9.88 Å². The summed E-state index contributed by atoms with van der Waals surface area (Å²) in [5.41, 5.74) is 1.13. The second kappa shape index (κ2) is 6.40. The molecule has 1 aromatic heterocycles. The summed E-state index contributed by atoms with van der Waals surface area (Å²) in [7, 11) is 0. The third-order valence-electron chi connectivity index (χ3n) is 4.35. The van der Waals surface area contributed by atoms with Gasteiger partial charge in [-0.1, -0.05) is 19.3 Å². The molecule has 0 bridgehead atoms. The van der Waals surface area contributed by atoms with E-state index >= 15 is 0 Å². The van der Waals surface area contributed by atoms with Crippen molar-refractivity contribution in [3.63, 3.8) is 0 Å². The molecule has 1 saturated carbocycles. The molecule has 0 amide bonds. The number of hydrogen-bond acceptors (Lipinski definition) is 1. The molecule has 1 aromatic carbocycles. The fourth-order valence-corrected chi connectivity index (χ4v) is 3.23. The zero-order chi connectivity index (χ0) is 13.8. The van der Waals surface area contributed by atoms with Gasteiger partial charge in [-0.25, -0.2) is 4.39 Å². The van der Waals surface area contributed by atoms with E-state index in [0.29, 0.717) is 0 Å². The van der Waals surface area contributed by atoms with E-state index in [0.717, 1.165) is 36.5 Å². The first-order valence-corrected chi connectivity index (χ1v) is 7.81. The third-order valence-corrected chi connectivity index (χ3v) is 4.35. The highest BCUT2D eigenvalue weighted by Gasteiger charge is 2.11. The number of hydrogen-bond donors (Lipinski definition) is 1. The number of halogens is 1. The van der Waals surface area contributed by atoms with Crippen molar-refractivity contribution in [2.75, 3.05) is 6.54 Å². The largest absolute Gasteiger partial charge is 0.347 e. The summed E-state index contributed by atoms with van der Waals surface area (Å²) in [6, 6.07) is 7.75.